The highest BCUT2D eigenvalue weighted by Crippen LogP contribution is 2.14. The topological polar surface area (TPSA) is 69.2 Å². The van der Waals surface area contributed by atoms with Crippen LogP contribution in [0, 0.1) is 10.1 Å². The summed E-state index contributed by atoms with van der Waals surface area (Å²) in [5.41, 5.74) is 8.29. The third-order valence-electron chi connectivity index (χ3n) is 2.68. The van der Waals surface area contributed by atoms with Gasteiger partial charge in [0.05, 0.1) is 4.92 Å². The Kier molecular flexibility index (Phi) is 4.29. The standard InChI is InChI=1S/C16H14N2O2/c17-15-9-3-7-13(11-15)5-1-2-6-14-8-4-10-16(12-14)18(19)20/h1-12H,17H2. The van der Waals surface area contributed by atoms with Crippen molar-refractivity contribution in [3.8, 4) is 0 Å². The summed E-state index contributed by atoms with van der Waals surface area (Å²) >= 11 is 0. The van der Waals surface area contributed by atoms with E-state index >= 15 is 0 Å². The summed E-state index contributed by atoms with van der Waals surface area (Å²) in [5, 5.41) is 10.7. The van der Waals surface area contributed by atoms with E-state index < -0.39 is 4.92 Å². The lowest BCUT2D eigenvalue weighted by atomic mass is 10.1. The van der Waals surface area contributed by atoms with Gasteiger partial charge in [-0.15, -0.1) is 0 Å². The van der Waals surface area contributed by atoms with Crippen molar-refractivity contribution in [1.82, 2.24) is 0 Å². The molecular weight excluding hydrogens is 252 g/mol. The van der Waals surface area contributed by atoms with Crippen LogP contribution in [-0.4, -0.2) is 4.92 Å². The summed E-state index contributed by atoms with van der Waals surface area (Å²) < 4.78 is 0. The van der Waals surface area contributed by atoms with Crippen LogP contribution in [0.3, 0.4) is 0 Å². The highest BCUT2D eigenvalue weighted by atomic mass is 16.6. The van der Waals surface area contributed by atoms with Gasteiger partial charge in [0.15, 0.2) is 0 Å². The van der Waals surface area contributed by atoms with Crippen molar-refractivity contribution in [3.63, 3.8) is 0 Å². The SMILES string of the molecule is Nc1cccc(C=CC=Cc2cccc([N+](=O)[O-])c2)c1. The van der Waals surface area contributed by atoms with E-state index in [0.717, 1.165) is 16.8 Å². The van der Waals surface area contributed by atoms with Gasteiger partial charge in [-0.3, -0.25) is 10.1 Å². The zero-order valence-corrected chi connectivity index (χ0v) is 10.8. The number of nitro groups is 1. The summed E-state index contributed by atoms with van der Waals surface area (Å²) in [7, 11) is 0. The zero-order chi connectivity index (χ0) is 14.4. The lowest BCUT2D eigenvalue weighted by Crippen LogP contribution is -1.87. The van der Waals surface area contributed by atoms with Gasteiger partial charge in [-0.25, -0.2) is 0 Å². The number of benzene rings is 2. The molecule has 2 N–H and O–H groups in total. The van der Waals surface area contributed by atoms with Gasteiger partial charge in [-0.1, -0.05) is 48.6 Å². The second-order valence-electron chi connectivity index (χ2n) is 4.24. The van der Waals surface area contributed by atoms with E-state index in [4.69, 9.17) is 5.73 Å². The Balaban J connectivity index is 2.06. The molecular formula is C16H14N2O2. The summed E-state index contributed by atoms with van der Waals surface area (Å²) in [5.74, 6) is 0. The molecule has 0 saturated heterocycles. The maximum absolute atomic E-state index is 10.7. The van der Waals surface area contributed by atoms with Gasteiger partial charge in [-0.05, 0) is 23.3 Å². The Hall–Kier alpha value is -2.88. The summed E-state index contributed by atoms with van der Waals surface area (Å²) in [6.45, 7) is 0. The molecule has 20 heavy (non-hydrogen) atoms. The Morgan fingerprint density at radius 1 is 0.950 bits per heavy atom. The quantitative estimate of drug-likeness (QED) is 0.395. The van der Waals surface area contributed by atoms with Crippen LogP contribution >= 0.6 is 0 Å². The lowest BCUT2D eigenvalue weighted by molar-refractivity contribution is -0.384. The van der Waals surface area contributed by atoms with E-state index in [1.165, 1.54) is 12.1 Å². The number of rotatable bonds is 4. The number of hydrogen-bond acceptors (Lipinski definition) is 3. The number of non-ortho nitro benzene ring substituents is 1. The van der Waals surface area contributed by atoms with Crippen LogP contribution in [0.5, 0.6) is 0 Å². The number of nitro benzene ring substituents is 1. The lowest BCUT2D eigenvalue weighted by Gasteiger charge is -1.95. The first kappa shape index (κ1) is 13.5. The summed E-state index contributed by atoms with van der Waals surface area (Å²) in [4.78, 5) is 10.3. The van der Waals surface area contributed by atoms with Crippen molar-refractivity contribution in [1.29, 1.82) is 0 Å². The average Bonchev–Trinajstić information content (AvgIpc) is 2.44. The summed E-state index contributed by atoms with van der Waals surface area (Å²) in [6.07, 6.45) is 7.44. The van der Waals surface area contributed by atoms with Crippen molar-refractivity contribution < 1.29 is 4.92 Å². The number of nitrogens with two attached hydrogens (primary N) is 1. The molecule has 0 atom stereocenters. The average molecular weight is 266 g/mol. The molecule has 0 aliphatic carbocycles. The summed E-state index contributed by atoms with van der Waals surface area (Å²) in [6, 6.07) is 14.0. The molecule has 4 heteroatoms. The molecule has 0 aromatic heterocycles. The smallest absolute Gasteiger partial charge is 0.270 e. The number of nitrogen functional groups attached to an aromatic ring is 1. The molecule has 2 aromatic rings. The van der Waals surface area contributed by atoms with Gasteiger partial charge in [0.25, 0.3) is 5.69 Å². The largest absolute Gasteiger partial charge is 0.399 e. The molecule has 0 fully saturated rings. The van der Waals surface area contributed by atoms with E-state index in [1.54, 1.807) is 6.07 Å². The predicted molar refractivity (Wildman–Crippen MR) is 82.0 cm³/mol. The van der Waals surface area contributed by atoms with Crippen LogP contribution in [0.25, 0.3) is 12.2 Å². The zero-order valence-electron chi connectivity index (χ0n) is 10.8. The maximum Gasteiger partial charge on any atom is 0.270 e. The van der Waals surface area contributed by atoms with Gasteiger partial charge >= 0.3 is 0 Å². The minimum Gasteiger partial charge on any atom is -0.399 e. The van der Waals surface area contributed by atoms with Crippen LogP contribution in [0.15, 0.2) is 60.7 Å². The Labute approximate surface area is 117 Å². The van der Waals surface area contributed by atoms with Crippen molar-refractivity contribution in [3.05, 3.63) is 81.9 Å². The van der Waals surface area contributed by atoms with Crippen molar-refractivity contribution >= 4 is 23.5 Å². The van der Waals surface area contributed by atoms with Crippen LogP contribution < -0.4 is 5.73 Å². The first-order chi connectivity index (χ1) is 9.65. The fraction of sp³-hybridized carbons (Fsp3) is 0. The highest BCUT2D eigenvalue weighted by molar-refractivity contribution is 5.60. The molecule has 0 radical (unpaired) electrons. The van der Waals surface area contributed by atoms with E-state index in [0.29, 0.717) is 0 Å². The van der Waals surface area contributed by atoms with Gasteiger partial charge in [0, 0.05) is 17.8 Å². The first-order valence-corrected chi connectivity index (χ1v) is 6.10. The van der Waals surface area contributed by atoms with Crippen molar-refractivity contribution in [2.75, 3.05) is 5.73 Å². The molecule has 0 heterocycles. The van der Waals surface area contributed by atoms with E-state index in [2.05, 4.69) is 0 Å². The second kappa shape index (κ2) is 6.33. The molecule has 0 aliphatic heterocycles. The molecule has 0 bridgehead atoms. The molecule has 2 aromatic carbocycles. The van der Waals surface area contributed by atoms with E-state index in [1.807, 2.05) is 54.6 Å². The van der Waals surface area contributed by atoms with Gasteiger partial charge in [0.2, 0.25) is 0 Å². The molecule has 0 unspecified atom stereocenters. The normalized spacial score (nSPS) is 11.2. The fourth-order valence-electron chi connectivity index (χ4n) is 1.74. The molecule has 100 valence electrons. The number of nitrogens with zero attached hydrogens (tertiary/aromatic N) is 1. The van der Waals surface area contributed by atoms with Gasteiger partial charge in [0.1, 0.15) is 0 Å². The Morgan fingerprint density at radius 3 is 2.15 bits per heavy atom. The predicted octanol–water partition coefficient (Wildman–Crippen LogP) is 3.90. The minimum absolute atomic E-state index is 0.0898. The van der Waals surface area contributed by atoms with Crippen LogP contribution in [0.1, 0.15) is 11.1 Å². The van der Waals surface area contributed by atoms with Gasteiger partial charge < -0.3 is 5.73 Å². The third-order valence-corrected chi connectivity index (χ3v) is 2.68. The van der Waals surface area contributed by atoms with E-state index in [9.17, 15) is 10.1 Å². The molecule has 0 amide bonds. The van der Waals surface area contributed by atoms with Crippen LogP contribution in [-0.2, 0) is 0 Å². The monoisotopic (exact) mass is 266 g/mol. The number of allylic oxidation sites excluding steroid dienone is 2. The molecule has 0 spiro atoms. The third kappa shape index (κ3) is 3.81. The van der Waals surface area contributed by atoms with Crippen LogP contribution in [0.4, 0.5) is 11.4 Å². The molecule has 2 rings (SSSR count). The molecule has 0 aliphatic rings. The van der Waals surface area contributed by atoms with Crippen molar-refractivity contribution in [2.45, 2.75) is 0 Å². The van der Waals surface area contributed by atoms with Gasteiger partial charge in [-0.2, -0.15) is 0 Å². The Morgan fingerprint density at radius 2 is 1.55 bits per heavy atom. The van der Waals surface area contributed by atoms with Crippen LogP contribution in [0.2, 0.25) is 0 Å². The first-order valence-electron chi connectivity index (χ1n) is 6.10. The molecule has 4 nitrogen and oxygen atoms in total. The second-order valence-corrected chi connectivity index (χ2v) is 4.24. The number of hydrogen-bond donors (Lipinski definition) is 1. The molecule has 0 saturated carbocycles. The Bertz CT molecular complexity index is 676. The minimum atomic E-state index is -0.403. The fourth-order valence-corrected chi connectivity index (χ4v) is 1.74. The maximum atomic E-state index is 10.7. The van der Waals surface area contributed by atoms with E-state index in [-0.39, 0.29) is 5.69 Å². The van der Waals surface area contributed by atoms with Crippen molar-refractivity contribution in [2.24, 2.45) is 0 Å². The number of anilines is 1. The highest BCUT2D eigenvalue weighted by Gasteiger charge is 2.02.